The molecule has 100 valence electrons. The summed E-state index contributed by atoms with van der Waals surface area (Å²) in [5.74, 6) is 0.675. The third-order valence-electron chi connectivity index (χ3n) is 2.99. The summed E-state index contributed by atoms with van der Waals surface area (Å²) in [6.45, 7) is 0. The van der Waals surface area contributed by atoms with Crippen LogP contribution in [0.1, 0.15) is 15.9 Å². The second kappa shape index (κ2) is 5.35. The number of para-hydroxylation sites is 2. The number of benzene rings is 2. The number of imidazole rings is 1. The maximum Gasteiger partial charge on any atom is 0.257 e. The van der Waals surface area contributed by atoms with E-state index in [1.807, 2.05) is 36.4 Å². The number of halogens is 1. The summed E-state index contributed by atoms with van der Waals surface area (Å²) in [6, 6.07) is 14.8. The lowest BCUT2D eigenvalue weighted by Gasteiger charge is -2.02. The predicted molar refractivity (Wildman–Crippen MR) is 80.0 cm³/mol. The third-order valence-corrected chi connectivity index (χ3v) is 3.30. The minimum absolute atomic E-state index is 0.204. The van der Waals surface area contributed by atoms with Gasteiger partial charge in [0.1, 0.15) is 0 Å². The van der Waals surface area contributed by atoms with Gasteiger partial charge in [0, 0.05) is 11.4 Å². The zero-order valence-corrected chi connectivity index (χ0v) is 11.3. The molecule has 1 amide bonds. The standard InChI is InChI=1S/C15H12ClN3O/c16-9-10-5-7-11(8-6-10)14(20)19-15-17-12-3-1-2-4-13(12)18-15/h1-8H,9H2,(H2,17,18,19,20). The number of nitrogens with one attached hydrogen (secondary N) is 2. The Kier molecular flexibility index (Phi) is 3.39. The molecule has 1 aromatic heterocycles. The minimum Gasteiger partial charge on any atom is -0.324 e. The van der Waals surface area contributed by atoms with E-state index < -0.39 is 0 Å². The largest absolute Gasteiger partial charge is 0.324 e. The number of hydrogen-bond donors (Lipinski definition) is 2. The number of fused-ring (bicyclic) bond motifs is 1. The lowest BCUT2D eigenvalue weighted by atomic mass is 10.1. The number of hydrogen-bond acceptors (Lipinski definition) is 2. The van der Waals surface area contributed by atoms with E-state index in [1.54, 1.807) is 12.1 Å². The second-order valence-corrected chi connectivity index (χ2v) is 4.65. The molecule has 4 nitrogen and oxygen atoms in total. The van der Waals surface area contributed by atoms with Gasteiger partial charge in [-0.2, -0.15) is 0 Å². The molecule has 3 aromatic rings. The summed E-state index contributed by atoms with van der Waals surface area (Å²) in [6.07, 6.45) is 0. The van der Waals surface area contributed by atoms with Crippen molar-refractivity contribution in [3.63, 3.8) is 0 Å². The van der Waals surface area contributed by atoms with Crippen LogP contribution in [0.4, 0.5) is 5.95 Å². The van der Waals surface area contributed by atoms with Crippen LogP contribution >= 0.6 is 11.6 Å². The lowest BCUT2D eigenvalue weighted by Crippen LogP contribution is -2.12. The van der Waals surface area contributed by atoms with Gasteiger partial charge in [-0.25, -0.2) is 4.98 Å². The Bertz CT molecular complexity index is 716. The maximum absolute atomic E-state index is 12.1. The average molecular weight is 286 g/mol. The molecule has 0 fully saturated rings. The summed E-state index contributed by atoms with van der Waals surface area (Å²) in [5.41, 5.74) is 3.26. The Morgan fingerprint density at radius 3 is 2.60 bits per heavy atom. The molecule has 0 radical (unpaired) electrons. The molecule has 3 rings (SSSR count). The molecule has 0 spiro atoms. The van der Waals surface area contributed by atoms with Crippen molar-refractivity contribution in [3.8, 4) is 0 Å². The van der Waals surface area contributed by atoms with E-state index in [9.17, 15) is 4.79 Å². The number of H-pyrrole nitrogens is 1. The topological polar surface area (TPSA) is 57.8 Å². The Morgan fingerprint density at radius 2 is 1.90 bits per heavy atom. The smallest absolute Gasteiger partial charge is 0.257 e. The number of aromatic amines is 1. The van der Waals surface area contributed by atoms with Crippen LogP contribution in [0.25, 0.3) is 11.0 Å². The molecule has 0 unspecified atom stereocenters. The molecule has 0 aliphatic heterocycles. The van der Waals surface area contributed by atoms with Crippen LogP contribution in [0.2, 0.25) is 0 Å². The number of amides is 1. The number of alkyl halides is 1. The normalized spacial score (nSPS) is 10.7. The SMILES string of the molecule is O=C(Nc1nc2ccccc2[nH]1)c1ccc(CCl)cc1. The Labute approximate surface area is 120 Å². The van der Waals surface area contributed by atoms with Crippen molar-refractivity contribution in [3.05, 3.63) is 59.7 Å². The highest BCUT2D eigenvalue weighted by Crippen LogP contribution is 2.14. The van der Waals surface area contributed by atoms with Gasteiger partial charge in [-0.1, -0.05) is 24.3 Å². The molecule has 1 heterocycles. The van der Waals surface area contributed by atoms with Gasteiger partial charge in [-0.15, -0.1) is 11.6 Å². The molecular weight excluding hydrogens is 274 g/mol. The predicted octanol–water partition coefficient (Wildman–Crippen LogP) is 3.55. The van der Waals surface area contributed by atoms with Gasteiger partial charge >= 0.3 is 0 Å². The molecule has 2 N–H and O–H groups in total. The number of nitrogens with zero attached hydrogens (tertiary/aromatic N) is 1. The van der Waals surface area contributed by atoms with E-state index in [0.717, 1.165) is 16.6 Å². The van der Waals surface area contributed by atoms with Crippen LogP contribution in [-0.4, -0.2) is 15.9 Å². The molecule has 0 aliphatic rings. The van der Waals surface area contributed by atoms with Gasteiger partial charge in [0.2, 0.25) is 5.95 Å². The zero-order chi connectivity index (χ0) is 13.9. The van der Waals surface area contributed by atoms with Gasteiger partial charge in [0.15, 0.2) is 0 Å². The maximum atomic E-state index is 12.1. The van der Waals surface area contributed by atoms with Crippen molar-refractivity contribution < 1.29 is 4.79 Å². The monoisotopic (exact) mass is 285 g/mol. The molecule has 0 bridgehead atoms. The van der Waals surface area contributed by atoms with Crippen molar-refractivity contribution in [2.45, 2.75) is 5.88 Å². The van der Waals surface area contributed by atoms with Crippen LogP contribution < -0.4 is 5.32 Å². The molecule has 0 aliphatic carbocycles. The van der Waals surface area contributed by atoms with Crippen LogP contribution in [-0.2, 0) is 5.88 Å². The van der Waals surface area contributed by atoms with Gasteiger partial charge in [-0.05, 0) is 29.8 Å². The summed E-state index contributed by atoms with van der Waals surface area (Å²) < 4.78 is 0. The van der Waals surface area contributed by atoms with Gasteiger partial charge in [0.05, 0.1) is 11.0 Å². The second-order valence-electron chi connectivity index (χ2n) is 4.39. The van der Waals surface area contributed by atoms with E-state index in [0.29, 0.717) is 17.4 Å². The highest BCUT2D eigenvalue weighted by atomic mass is 35.5. The van der Waals surface area contributed by atoms with Crippen LogP contribution in [0.5, 0.6) is 0 Å². The van der Waals surface area contributed by atoms with Crippen molar-refractivity contribution in [2.75, 3.05) is 5.32 Å². The highest BCUT2D eigenvalue weighted by Gasteiger charge is 2.08. The number of carbonyl (C=O) groups excluding carboxylic acids is 1. The fourth-order valence-electron chi connectivity index (χ4n) is 1.94. The van der Waals surface area contributed by atoms with Crippen molar-refractivity contribution >= 4 is 34.5 Å². The molecule has 0 saturated carbocycles. The van der Waals surface area contributed by atoms with E-state index in [4.69, 9.17) is 11.6 Å². The summed E-state index contributed by atoms with van der Waals surface area (Å²) >= 11 is 5.72. The Balaban J connectivity index is 1.80. The minimum atomic E-state index is -0.204. The molecule has 0 saturated heterocycles. The first-order valence-electron chi connectivity index (χ1n) is 6.17. The summed E-state index contributed by atoms with van der Waals surface area (Å²) in [4.78, 5) is 19.4. The van der Waals surface area contributed by atoms with Gasteiger partial charge in [0.25, 0.3) is 5.91 Å². The third kappa shape index (κ3) is 2.51. The quantitative estimate of drug-likeness (QED) is 0.723. The number of aromatic nitrogens is 2. The molecule has 0 atom stereocenters. The van der Waals surface area contributed by atoms with Gasteiger partial charge in [-0.3, -0.25) is 10.1 Å². The molecule has 20 heavy (non-hydrogen) atoms. The van der Waals surface area contributed by atoms with Gasteiger partial charge < -0.3 is 4.98 Å². The molecule has 5 heteroatoms. The first kappa shape index (κ1) is 12.7. The first-order chi connectivity index (χ1) is 9.76. The van der Waals surface area contributed by atoms with E-state index in [1.165, 1.54) is 0 Å². The van der Waals surface area contributed by atoms with Crippen molar-refractivity contribution in [2.24, 2.45) is 0 Å². The van der Waals surface area contributed by atoms with E-state index in [2.05, 4.69) is 15.3 Å². The van der Waals surface area contributed by atoms with E-state index >= 15 is 0 Å². The number of rotatable bonds is 3. The average Bonchev–Trinajstić information content (AvgIpc) is 2.89. The number of anilines is 1. The Morgan fingerprint density at radius 1 is 1.15 bits per heavy atom. The summed E-state index contributed by atoms with van der Waals surface area (Å²) in [5, 5.41) is 2.75. The number of carbonyl (C=O) groups is 1. The fraction of sp³-hybridized carbons (Fsp3) is 0.0667. The van der Waals surface area contributed by atoms with E-state index in [-0.39, 0.29) is 5.91 Å². The summed E-state index contributed by atoms with van der Waals surface area (Å²) in [7, 11) is 0. The van der Waals surface area contributed by atoms with Crippen molar-refractivity contribution in [1.82, 2.24) is 9.97 Å². The zero-order valence-electron chi connectivity index (χ0n) is 10.6. The van der Waals surface area contributed by atoms with Crippen LogP contribution in [0.15, 0.2) is 48.5 Å². The van der Waals surface area contributed by atoms with Crippen molar-refractivity contribution in [1.29, 1.82) is 0 Å². The van der Waals surface area contributed by atoms with Crippen LogP contribution in [0, 0.1) is 0 Å². The lowest BCUT2D eigenvalue weighted by molar-refractivity contribution is 0.102. The Hall–Kier alpha value is -2.33. The first-order valence-corrected chi connectivity index (χ1v) is 6.71. The van der Waals surface area contributed by atoms with Crippen LogP contribution in [0.3, 0.4) is 0 Å². The molecular formula is C15H12ClN3O. The molecule has 2 aromatic carbocycles. The highest BCUT2D eigenvalue weighted by molar-refractivity contribution is 6.17. The fourth-order valence-corrected chi connectivity index (χ4v) is 2.12.